The number of carboxylic acid groups (broad SMARTS) is 1. The van der Waals surface area contributed by atoms with E-state index in [0.29, 0.717) is 6.04 Å². The van der Waals surface area contributed by atoms with Gasteiger partial charge in [0.15, 0.2) is 0 Å². The second kappa shape index (κ2) is 6.87. The van der Waals surface area contributed by atoms with Crippen LogP contribution in [-0.4, -0.2) is 60.4 Å². The Morgan fingerprint density at radius 1 is 1.35 bits per heavy atom. The Hall–Kier alpha value is -0.650. The SMILES string of the molecule is CC(C)(CNC1CCCC(C(=O)O)C1)N1CCOCC1. The van der Waals surface area contributed by atoms with Gasteiger partial charge in [0, 0.05) is 31.2 Å². The highest BCUT2D eigenvalue weighted by Crippen LogP contribution is 2.25. The summed E-state index contributed by atoms with van der Waals surface area (Å²) in [5.41, 5.74) is 0.0972. The summed E-state index contributed by atoms with van der Waals surface area (Å²) >= 11 is 0. The molecule has 0 amide bonds. The highest BCUT2D eigenvalue weighted by molar-refractivity contribution is 5.70. The predicted molar refractivity (Wildman–Crippen MR) is 77.9 cm³/mol. The fraction of sp³-hybridized carbons (Fsp3) is 0.933. The standard InChI is InChI=1S/C15H28N2O3/c1-15(2,17-6-8-20-9-7-17)11-16-13-5-3-4-12(10-13)14(18)19/h12-13,16H,3-11H2,1-2H3,(H,18,19). The lowest BCUT2D eigenvalue weighted by Gasteiger charge is -2.42. The normalized spacial score (nSPS) is 29.3. The zero-order valence-corrected chi connectivity index (χ0v) is 12.7. The Morgan fingerprint density at radius 3 is 2.70 bits per heavy atom. The summed E-state index contributed by atoms with van der Waals surface area (Å²) in [5, 5.41) is 12.7. The Bertz CT molecular complexity index is 327. The molecule has 1 heterocycles. The molecule has 0 aromatic carbocycles. The van der Waals surface area contributed by atoms with Crippen molar-refractivity contribution in [3.63, 3.8) is 0 Å². The number of hydrogen-bond acceptors (Lipinski definition) is 4. The van der Waals surface area contributed by atoms with Crippen molar-refractivity contribution in [3.05, 3.63) is 0 Å². The van der Waals surface area contributed by atoms with E-state index in [2.05, 4.69) is 24.1 Å². The molecule has 2 atom stereocenters. The third-order valence-electron chi connectivity index (χ3n) is 4.71. The molecule has 0 aromatic heterocycles. The summed E-state index contributed by atoms with van der Waals surface area (Å²) < 4.78 is 5.40. The number of aliphatic carboxylic acids is 1. The second-order valence-corrected chi connectivity index (χ2v) is 6.69. The van der Waals surface area contributed by atoms with Crippen LogP contribution in [0.1, 0.15) is 39.5 Å². The lowest BCUT2D eigenvalue weighted by atomic mass is 9.85. The van der Waals surface area contributed by atoms with Crippen LogP contribution in [0.4, 0.5) is 0 Å². The summed E-state index contributed by atoms with van der Waals surface area (Å²) in [5.74, 6) is -0.795. The van der Waals surface area contributed by atoms with Gasteiger partial charge in [-0.25, -0.2) is 0 Å². The minimum absolute atomic E-state index is 0.0972. The van der Waals surface area contributed by atoms with Gasteiger partial charge in [-0.3, -0.25) is 9.69 Å². The van der Waals surface area contributed by atoms with Crippen molar-refractivity contribution >= 4 is 5.97 Å². The summed E-state index contributed by atoms with van der Waals surface area (Å²) in [6.45, 7) is 9.01. The fourth-order valence-electron chi connectivity index (χ4n) is 3.27. The lowest BCUT2D eigenvalue weighted by molar-refractivity contribution is -0.143. The molecule has 2 unspecified atom stereocenters. The first-order valence-corrected chi connectivity index (χ1v) is 7.78. The van der Waals surface area contributed by atoms with Gasteiger partial charge in [0.2, 0.25) is 0 Å². The molecule has 1 aliphatic heterocycles. The van der Waals surface area contributed by atoms with Crippen LogP contribution in [-0.2, 0) is 9.53 Å². The first-order chi connectivity index (χ1) is 9.49. The molecule has 0 bridgehead atoms. The Kier molecular flexibility index (Phi) is 5.41. The summed E-state index contributed by atoms with van der Waals surface area (Å²) in [6, 6.07) is 0.352. The number of carbonyl (C=O) groups is 1. The molecule has 2 N–H and O–H groups in total. The maximum Gasteiger partial charge on any atom is 0.306 e. The highest BCUT2D eigenvalue weighted by atomic mass is 16.5. The second-order valence-electron chi connectivity index (χ2n) is 6.69. The Morgan fingerprint density at radius 2 is 2.05 bits per heavy atom. The summed E-state index contributed by atoms with van der Waals surface area (Å²) in [7, 11) is 0. The number of nitrogens with one attached hydrogen (secondary N) is 1. The van der Waals surface area contributed by atoms with Crippen molar-refractivity contribution in [1.29, 1.82) is 0 Å². The molecule has 2 aliphatic rings. The molecule has 2 fully saturated rings. The van der Waals surface area contributed by atoms with E-state index in [9.17, 15) is 4.79 Å². The van der Waals surface area contributed by atoms with Crippen molar-refractivity contribution in [2.45, 2.75) is 51.1 Å². The number of morpholine rings is 1. The molecular formula is C15H28N2O3. The van der Waals surface area contributed by atoms with Gasteiger partial charge >= 0.3 is 5.97 Å². The van der Waals surface area contributed by atoms with Crippen LogP contribution in [0.2, 0.25) is 0 Å². The summed E-state index contributed by atoms with van der Waals surface area (Å²) in [4.78, 5) is 13.6. The topological polar surface area (TPSA) is 61.8 Å². The maximum atomic E-state index is 11.1. The van der Waals surface area contributed by atoms with Gasteiger partial charge in [0.05, 0.1) is 19.1 Å². The Labute approximate surface area is 121 Å². The van der Waals surface area contributed by atoms with Gasteiger partial charge < -0.3 is 15.2 Å². The third kappa shape index (κ3) is 4.17. The zero-order valence-electron chi connectivity index (χ0n) is 12.7. The number of ether oxygens (including phenoxy) is 1. The van der Waals surface area contributed by atoms with Gasteiger partial charge in [-0.05, 0) is 33.1 Å². The number of carboxylic acids is 1. The molecule has 1 saturated carbocycles. The van der Waals surface area contributed by atoms with Crippen LogP contribution in [0, 0.1) is 5.92 Å². The Balaban J connectivity index is 1.79. The molecule has 20 heavy (non-hydrogen) atoms. The van der Waals surface area contributed by atoms with E-state index in [1.807, 2.05) is 0 Å². The van der Waals surface area contributed by atoms with Crippen molar-refractivity contribution in [3.8, 4) is 0 Å². The number of rotatable bonds is 5. The minimum Gasteiger partial charge on any atom is -0.481 e. The van der Waals surface area contributed by atoms with Crippen molar-refractivity contribution in [2.24, 2.45) is 5.92 Å². The van der Waals surface area contributed by atoms with Gasteiger partial charge in [-0.2, -0.15) is 0 Å². The minimum atomic E-state index is -0.635. The summed E-state index contributed by atoms with van der Waals surface area (Å²) in [6.07, 6.45) is 3.73. The van der Waals surface area contributed by atoms with E-state index in [0.717, 1.165) is 58.5 Å². The van der Waals surface area contributed by atoms with Gasteiger partial charge in [0.25, 0.3) is 0 Å². The van der Waals surface area contributed by atoms with E-state index in [1.165, 1.54) is 0 Å². The van der Waals surface area contributed by atoms with Crippen LogP contribution < -0.4 is 5.32 Å². The van der Waals surface area contributed by atoms with E-state index in [4.69, 9.17) is 9.84 Å². The van der Waals surface area contributed by atoms with Gasteiger partial charge in [0.1, 0.15) is 0 Å². The van der Waals surface area contributed by atoms with Gasteiger partial charge in [-0.15, -0.1) is 0 Å². The average Bonchev–Trinajstić information content (AvgIpc) is 2.46. The molecule has 2 rings (SSSR count). The molecule has 5 nitrogen and oxygen atoms in total. The van der Waals surface area contributed by atoms with Crippen LogP contribution in [0.3, 0.4) is 0 Å². The number of nitrogens with zero attached hydrogens (tertiary/aromatic N) is 1. The van der Waals surface area contributed by atoms with Crippen LogP contribution in [0.25, 0.3) is 0 Å². The molecular weight excluding hydrogens is 256 g/mol. The van der Waals surface area contributed by atoms with E-state index < -0.39 is 5.97 Å². The van der Waals surface area contributed by atoms with Crippen molar-refractivity contribution < 1.29 is 14.6 Å². The molecule has 1 aliphatic carbocycles. The van der Waals surface area contributed by atoms with Crippen LogP contribution >= 0.6 is 0 Å². The largest absolute Gasteiger partial charge is 0.481 e. The highest BCUT2D eigenvalue weighted by Gasteiger charge is 2.31. The first-order valence-electron chi connectivity index (χ1n) is 7.78. The monoisotopic (exact) mass is 284 g/mol. The van der Waals surface area contributed by atoms with Crippen LogP contribution in [0.15, 0.2) is 0 Å². The molecule has 1 saturated heterocycles. The predicted octanol–water partition coefficient (Wildman–Crippen LogP) is 1.33. The smallest absolute Gasteiger partial charge is 0.306 e. The third-order valence-corrected chi connectivity index (χ3v) is 4.71. The molecule has 0 radical (unpaired) electrons. The van der Waals surface area contributed by atoms with E-state index in [-0.39, 0.29) is 11.5 Å². The number of hydrogen-bond donors (Lipinski definition) is 2. The van der Waals surface area contributed by atoms with E-state index in [1.54, 1.807) is 0 Å². The molecule has 0 aromatic rings. The quantitative estimate of drug-likeness (QED) is 0.797. The maximum absolute atomic E-state index is 11.1. The lowest BCUT2D eigenvalue weighted by Crippen LogP contribution is -2.56. The molecule has 5 heteroatoms. The molecule has 116 valence electrons. The van der Waals surface area contributed by atoms with Gasteiger partial charge in [-0.1, -0.05) is 6.42 Å². The van der Waals surface area contributed by atoms with Crippen LogP contribution in [0.5, 0.6) is 0 Å². The average molecular weight is 284 g/mol. The zero-order chi connectivity index (χ0) is 14.6. The van der Waals surface area contributed by atoms with Crippen molar-refractivity contribution in [2.75, 3.05) is 32.8 Å². The first kappa shape index (κ1) is 15.7. The fourth-order valence-corrected chi connectivity index (χ4v) is 3.27. The van der Waals surface area contributed by atoms with Crippen molar-refractivity contribution in [1.82, 2.24) is 10.2 Å². The van der Waals surface area contributed by atoms with E-state index >= 15 is 0 Å². The molecule has 0 spiro atoms.